The van der Waals surface area contributed by atoms with Crippen LogP contribution < -0.4 is 0 Å². The van der Waals surface area contributed by atoms with Crippen LogP contribution in [0.5, 0.6) is 0 Å². The summed E-state index contributed by atoms with van der Waals surface area (Å²) >= 11 is 1.38. The molecule has 2 aromatic rings. The van der Waals surface area contributed by atoms with Crippen LogP contribution in [0.4, 0.5) is 0 Å². The van der Waals surface area contributed by atoms with E-state index < -0.39 is 5.97 Å². The van der Waals surface area contributed by atoms with Crippen molar-refractivity contribution in [3.63, 3.8) is 0 Å². The summed E-state index contributed by atoms with van der Waals surface area (Å²) in [4.78, 5) is 15.7. The van der Waals surface area contributed by atoms with Crippen molar-refractivity contribution >= 4 is 29.5 Å². The fourth-order valence-electron chi connectivity index (χ4n) is 2.21. The number of nitrogens with zero attached hydrogens (tertiary/aromatic N) is 3. The van der Waals surface area contributed by atoms with Gasteiger partial charge in [-0.05, 0) is 38.0 Å². The Balaban J connectivity index is 1.82. The Bertz CT molecular complexity index is 648. The van der Waals surface area contributed by atoms with E-state index in [2.05, 4.69) is 16.1 Å². The van der Waals surface area contributed by atoms with E-state index in [4.69, 9.17) is 5.11 Å². The number of carboxylic acid groups (broad SMARTS) is 1. The number of carboxylic acids is 1. The van der Waals surface area contributed by atoms with E-state index in [1.165, 1.54) is 23.5 Å². The molecule has 3 heterocycles. The third kappa shape index (κ3) is 2.31. The number of fused-ring (bicyclic) bond motifs is 1. The van der Waals surface area contributed by atoms with Crippen LogP contribution >= 0.6 is 11.3 Å². The summed E-state index contributed by atoms with van der Waals surface area (Å²) in [6.07, 6.45) is 5.96. The molecule has 2 aromatic heterocycles. The zero-order valence-electron chi connectivity index (χ0n) is 10.5. The number of thiazole rings is 1. The van der Waals surface area contributed by atoms with Gasteiger partial charge in [-0.2, -0.15) is 5.10 Å². The Morgan fingerprint density at radius 1 is 1.53 bits per heavy atom. The first-order valence-corrected chi connectivity index (χ1v) is 6.90. The average molecular weight is 275 g/mol. The molecular weight excluding hydrogens is 262 g/mol. The molecule has 0 aromatic carbocycles. The van der Waals surface area contributed by atoms with Gasteiger partial charge in [0.25, 0.3) is 0 Å². The monoisotopic (exact) mass is 275 g/mol. The number of aryl methyl sites for hydroxylation is 3. The molecule has 0 saturated heterocycles. The van der Waals surface area contributed by atoms with Crippen molar-refractivity contribution in [1.29, 1.82) is 0 Å². The number of hydrogen-bond donors (Lipinski definition) is 1. The summed E-state index contributed by atoms with van der Waals surface area (Å²) in [5.41, 5.74) is 2.30. The second-order valence-corrected chi connectivity index (χ2v) is 5.72. The van der Waals surface area contributed by atoms with Gasteiger partial charge in [-0.1, -0.05) is 0 Å². The predicted molar refractivity (Wildman–Crippen MR) is 73.3 cm³/mol. The molecule has 5 nitrogen and oxygen atoms in total. The van der Waals surface area contributed by atoms with E-state index in [-0.39, 0.29) is 5.69 Å². The van der Waals surface area contributed by atoms with Crippen LogP contribution in [0.2, 0.25) is 0 Å². The number of aromatic carboxylic acids is 1. The maximum absolute atomic E-state index is 10.9. The third-order valence-electron chi connectivity index (χ3n) is 3.10. The summed E-state index contributed by atoms with van der Waals surface area (Å²) < 4.78 is 2.02. The SMILES string of the molecule is Cc1sc(C=Cc2cc3n(n2)CCC3)nc1C(=O)O. The molecule has 1 N–H and O–H groups in total. The van der Waals surface area contributed by atoms with Crippen molar-refractivity contribution in [1.82, 2.24) is 14.8 Å². The molecule has 1 aliphatic heterocycles. The van der Waals surface area contributed by atoms with Gasteiger partial charge in [0, 0.05) is 17.1 Å². The molecule has 0 spiro atoms. The number of rotatable bonds is 3. The molecule has 0 fully saturated rings. The fourth-order valence-corrected chi connectivity index (χ4v) is 3.02. The van der Waals surface area contributed by atoms with Gasteiger partial charge in [0.05, 0.1) is 5.69 Å². The summed E-state index contributed by atoms with van der Waals surface area (Å²) in [5, 5.41) is 14.1. The Labute approximate surface area is 114 Å². The van der Waals surface area contributed by atoms with E-state index in [9.17, 15) is 4.79 Å². The average Bonchev–Trinajstić information content (AvgIpc) is 2.99. The molecule has 0 radical (unpaired) electrons. The number of carbonyl (C=O) groups is 1. The molecule has 6 heteroatoms. The van der Waals surface area contributed by atoms with Gasteiger partial charge in [-0.15, -0.1) is 11.3 Å². The number of aromatic nitrogens is 3. The van der Waals surface area contributed by atoms with Crippen LogP contribution in [-0.2, 0) is 13.0 Å². The summed E-state index contributed by atoms with van der Waals surface area (Å²) in [6, 6.07) is 2.07. The van der Waals surface area contributed by atoms with E-state index in [0.717, 1.165) is 23.5 Å². The first-order valence-electron chi connectivity index (χ1n) is 6.09. The van der Waals surface area contributed by atoms with Crippen molar-refractivity contribution in [2.45, 2.75) is 26.3 Å². The van der Waals surface area contributed by atoms with Crippen LogP contribution in [0.25, 0.3) is 12.2 Å². The maximum atomic E-state index is 10.9. The molecule has 0 saturated carbocycles. The van der Waals surface area contributed by atoms with Gasteiger partial charge in [0.15, 0.2) is 5.69 Å². The highest BCUT2D eigenvalue weighted by atomic mass is 32.1. The predicted octanol–water partition coefficient (Wildman–Crippen LogP) is 2.46. The lowest BCUT2D eigenvalue weighted by Crippen LogP contribution is -1.98. The normalized spacial score (nSPS) is 14.2. The van der Waals surface area contributed by atoms with Gasteiger partial charge in [-0.3, -0.25) is 4.68 Å². The minimum absolute atomic E-state index is 0.136. The lowest BCUT2D eigenvalue weighted by Gasteiger charge is -1.89. The topological polar surface area (TPSA) is 68.0 Å². The standard InChI is InChI=1S/C13H13N3O2S/c1-8-12(13(17)18)14-11(19-8)5-4-9-7-10-3-2-6-16(10)15-9/h4-5,7H,2-3,6H2,1H3,(H,17,18). The molecule has 0 bridgehead atoms. The molecule has 3 rings (SSSR count). The Kier molecular flexibility index (Phi) is 2.94. The molecule has 0 amide bonds. The quantitative estimate of drug-likeness (QED) is 0.934. The smallest absolute Gasteiger partial charge is 0.355 e. The molecule has 19 heavy (non-hydrogen) atoms. The lowest BCUT2D eigenvalue weighted by molar-refractivity contribution is 0.0690. The Morgan fingerprint density at radius 3 is 3.05 bits per heavy atom. The highest BCUT2D eigenvalue weighted by Gasteiger charge is 2.14. The molecule has 1 aliphatic rings. The second kappa shape index (κ2) is 4.62. The number of hydrogen-bond acceptors (Lipinski definition) is 4. The van der Waals surface area contributed by atoms with Gasteiger partial charge in [0.1, 0.15) is 5.01 Å². The fraction of sp³-hybridized carbons (Fsp3) is 0.308. The first-order chi connectivity index (χ1) is 9.13. The highest BCUT2D eigenvalue weighted by molar-refractivity contribution is 7.12. The minimum Gasteiger partial charge on any atom is -0.476 e. The van der Waals surface area contributed by atoms with Crippen molar-refractivity contribution in [2.75, 3.05) is 0 Å². The minimum atomic E-state index is -0.977. The van der Waals surface area contributed by atoms with Crippen LogP contribution in [0.15, 0.2) is 6.07 Å². The van der Waals surface area contributed by atoms with E-state index in [1.54, 1.807) is 6.92 Å². The summed E-state index contributed by atoms with van der Waals surface area (Å²) in [5.74, 6) is -0.977. The van der Waals surface area contributed by atoms with E-state index in [0.29, 0.717) is 5.01 Å². The summed E-state index contributed by atoms with van der Waals surface area (Å²) in [6.45, 7) is 2.76. The van der Waals surface area contributed by atoms with E-state index in [1.807, 2.05) is 16.8 Å². The van der Waals surface area contributed by atoms with Crippen LogP contribution in [0.3, 0.4) is 0 Å². The van der Waals surface area contributed by atoms with Gasteiger partial charge >= 0.3 is 5.97 Å². The van der Waals surface area contributed by atoms with Gasteiger partial charge < -0.3 is 5.11 Å². The van der Waals surface area contributed by atoms with Crippen molar-refractivity contribution < 1.29 is 9.90 Å². The maximum Gasteiger partial charge on any atom is 0.355 e. The zero-order valence-corrected chi connectivity index (χ0v) is 11.3. The van der Waals surface area contributed by atoms with Crippen LogP contribution in [-0.4, -0.2) is 25.8 Å². The molecule has 98 valence electrons. The first kappa shape index (κ1) is 12.1. The Morgan fingerprint density at radius 2 is 2.37 bits per heavy atom. The van der Waals surface area contributed by atoms with Crippen molar-refractivity contribution in [3.8, 4) is 0 Å². The molecular formula is C13H13N3O2S. The van der Waals surface area contributed by atoms with Crippen molar-refractivity contribution in [3.05, 3.63) is 33.0 Å². The molecule has 0 atom stereocenters. The molecule has 0 unspecified atom stereocenters. The van der Waals surface area contributed by atoms with Crippen LogP contribution in [0.1, 0.15) is 38.2 Å². The Hall–Kier alpha value is -1.95. The second-order valence-electron chi connectivity index (χ2n) is 4.48. The third-order valence-corrected chi connectivity index (χ3v) is 4.03. The lowest BCUT2D eigenvalue weighted by atomic mass is 10.2. The van der Waals surface area contributed by atoms with Crippen LogP contribution in [0, 0.1) is 6.92 Å². The summed E-state index contributed by atoms with van der Waals surface area (Å²) in [7, 11) is 0. The van der Waals surface area contributed by atoms with Crippen molar-refractivity contribution in [2.24, 2.45) is 0 Å². The highest BCUT2D eigenvalue weighted by Crippen LogP contribution is 2.21. The largest absolute Gasteiger partial charge is 0.476 e. The van der Waals surface area contributed by atoms with E-state index >= 15 is 0 Å². The zero-order chi connectivity index (χ0) is 13.4. The van der Waals surface area contributed by atoms with Gasteiger partial charge in [0.2, 0.25) is 0 Å². The van der Waals surface area contributed by atoms with Gasteiger partial charge in [-0.25, -0.2) is 9.78 Å². The molecule has 0 aliphatic carbocycles.